The maximum Gasteiger partial charge on any atom is 0.0945 e. The van der Waals surface area contributed by atoms with Crippen molar-refractivity contribution in [2.75, 3.05) is 7.11 Å². The van der Waals surface area contributed by atoms with Crippen LogP contribution in [-0.2, 0) is 0 Å². The molecule has 8 rings (SSSR count). The molecule has 0 amide bonds. The molecule has 4 atom stereocenters. The zero-order valence-corrected chi connectivity index (χ0v) is 24.0. The first-order valence-electron chi connectivity index (χ1n) is 14.4. The molecule has 4 bridgehead atoms. The van der Waals surface area contributed by atoms with Gasteiger partial charge in [0.1, 0.15) is 0 Å². The summed E-state index contributed by atoms with van der Waals surface area (Å²) in [4.78, 5) is 0. The summed E-state index contributed by atoms with van der Waals surface area (Å²) in [5.41, 5.74) is 10.8. The molecule has 9 heteroatoms. The number of benzene rings is 4. The Balaban J connectivity index is 0.000000148. The maximum absolute atomic E-state index is 9.51. The van der Waals surface area contributed by atoms with Gasteiger partial charge in [-0.1, -0.05) is 118 Å². The van der Waals surface area contributed by atoms with Crippen LogP contribution in [0.25, 0.3) is 0 Å². The monoisotopic (exact) mass is 588 g/mol. The van der Waals surface area contributed by atoms with Crippen LogP contribution in [0.4, 0.5) is 0 Å². The minimum atomic E-state index is 0.0385. The van der Waals surface area contributed by atoms with Crippen LogP contribution in [0.15, 0.2) is 118 Å². The number of hydrogen-bond donors (Lipinski definition) is 5. The van der Waals surface area contributed by atoms with Gasteiger partial charge < -0.3 is 25.9 Å². The zero-order chi connectivity index (χ0) is 30.8. The molecular formula is C35H32N4O5. The quantitative estimate of drug-likeness (QED) is 0.121. The number of oxime groups is 4. The van der Waals surface area contributed by atoms with E-state index in [1.807, 2.05) is 97.1 Å². The molecule has 4 aliphatic carbocycles. The summed E-state index contributed by atoms with van der Waals surface area (Å²) in [5.74, 6) is 0.154. The lowest BCUT2D eigenvalue weighted by atomic mass is 9.65. The van der Waals surface area contributed by atoms with Crippen molar-refractivity contribution in [1.82, 2.24) is 0 Å². The molecule has 0 aliphatic heterocycles. The van der Waals surface area contributed by atoms with Gasteiger partial charge >= 0.3 is 0 Å². The molecule has 0 aromatic heterocycles. The van der Waals surface area contributed by atoms with Crippen molar-refractivity contribution in [3.8, 4) is 0 Å². The average molecular weight is 589 g/mol. The van der Waals surface area contributed by atoms with Crippen LogP contribution in [0.2, 0.25) is 0 Å². The van der Waals surface area contributed by atoms with Gasteiger partial charge in [0, 0.05) is 53.0 Å². The highest BCUT2D eigenvalue weighted by Gasteiger charge is 2.43. The van der Waals surface area contributed by atoms with Crippen LogP contribution >= 0.6 is 0 Å². The van der Waals surface area contributed by atoms with Gasteiger partial charge in [-0.15, -0.1) is 0 Å². The number of aliphatic hydroxyl groups excluding tert-OH is 1. The summed E-state index contributed by atoms with van der Waals surface area (Å²) < 4.78 is 0. The van der Waals surface area contributed by atoms with Crippen molar-refractivity contribution in [2.45, 2.75) is 36.5 Å². The van der Waals surface area contributed by atoms with Crippen molar-refractivity contribution < 1.29 is 25.9 Å². The molecule has 4 aromatic rings. The number of nitrogens with zero attached hydrogens (tertiary/aromatic N) is 4. The molecular weight excluding hydrogens is 556 g/mol. The summed E-state index contributed by atoms with van der Waals surface area (Å²) in [6, 6.07) is 31.5. The molecule has 5 N–H and O–H groups in total. The van der Waals surface area contributed by atoms with E-state index >= 15 is 0 Å². The Kier molecular flexibility index (Phi) is 7.95. The van der Waals surface area contributed by atoms with Gasteiger partial charge in [-0.05, 0) is 35.1 Å². The number of rotatable bonds is 0. The molecule has 0 fully saturated rings. The van der Waals surface area contributed by atoms with Gasteiger partial charge in [0.15, 0.2) is 0 Å². The van der Waals surface area contributed by atoms with Crippen molar-refractivity contribution in [3.05, 3.63) is 142 Å². The summed E-state index contributed by atoms with van der Waals surface area (Å²) in [5, 5.41) is 59.3. The number of fused-ring (bicyclic) bond motifs is 12. The first kappa shape index (κ1) is 28.8. The summed E-state index contributed by atoms with van der Waals surface area (Å²) in [6.07, 6.45) is 1.54. The molecule has 4 aromatic carbocycles. The van der Waals surface area contributed by atoms with Gasteiger partial charge in [-0.25, -0.2) is 0 Å². The van der Waals surface area contributed by atoms with Crippen molar-refractivity contribution in [2.24, 2.45) is 20.6 Å². The normalized spacial score (nSPS) is 25.4. The minimum Gasteiger partial charge on any atom is -0.411 e. The molecule has 222 valence electrons. The fourth-order valence-corrected chi connectivity index (χ4v) is 7.40. The highest BCUT2D eigenvalue weighted by atomic mass is 16.4. The summed E-state index contributed by atoms with van der Waals surface area (Å²) >= 11 is 0. The smallest absolute Gasteiger partial charge is 0.0945 e. The van der Waals surface area contributed by atoms with Gasteiger partial charge in [0.2, 0.25) is 0 Å². The molecule has 4 aliphatic rings. The predicted octanol–water partition coefficient (Wildman–Crippen LogP) is 6.26. The van der Waals surface area contributed by atoms with Gasteiger partial charge in [-0.2, -0.15) is 0 Å². The summed E-state index contributed by atoms with van der Waals surface area (Å²) in [7, 11) is 1.00. The zero-order valence-electron chi connectivity index (χ0n) is 24.0. The first-order chi connectivity index (χ1) is 21.7. The lowest BCUT2D eigenvalue weighted by molar-refractivity contribution is 0.312. The third kappa shape index (κ3) is 4.44. The van der Waals surface area contributed by atoms with Crippen LogP contribution in [0.1, 0.15) is 81.0 Å². The lowest BCUT2D eigenvalue weighted by Crippen LogP contribution is -2.35. The highest BCUT2D eigenvalue weighted by molar-refractivity contribution is 6.18. The van der Waals surface area contributed by atoms with E-state index in [2.05, 4.69) is 20.6 Å². The number of aliphatic hydroxyl groups is 1. The Morgan fingerprint density at radius 1 is 0.386 bits per heavy atom. The van der Waals surface area contributed by atoms with Crippen LogP contribution in [-0.4, -0.2) is 55.9 Å². The van der Waals surface area contributed by atoms with Crippen molar-refractivity contribution in [1.29, 1.82) is 0 Å². The third-order valence-electron chi connectivity index (χ3n) is 9.14. The van der Waals surface area contributed by atoms with Gasteiger partial charge in [-0.3, -0.25) is 0 Å². The third-order valence-corrected chi connectivity index (χ3v) is 9.14. The fraction of sp³-hybridized carbons (Fsp3) is 0.200. The molecule has 0 saturated carbocycles. The van der Waals surface area contributed by atoms with Crippen molar-refractivity contribution >= 4 is 22.8 Å². The Bertz CT molecular complexity index is 1570. The van der Waals surface area contributed by atoms with E-state index < -0.39 is 0 Å². The van der Waals surface area contributed by atoms with E-state index in [0.717, 1.165) is 64.5 Å². The van der Waals surface area contributed by atoms with E-state index in [1.54, 1.807) is 0 Å². The van der Waals surface area contributed by atoms with E-state index in [4.69, 9.17) is 5.11 Å². The molecule has 0 radical (unpaired) electrons. The molecule has 0 spiro atoms. The van der Waals surface area contributed by atoms with E-state index in [9.17, 15) is 20.8 Å². The van der Waals surface area contributed by atoms with E-state index in [-0.39, 0.29) is 23.7 Å². The molecule has 0 unspecified atom stereocenters. The average Bonchev–Trinajstić information content (AvgIpc) is 3.10. The SMILES string of the molecule is CO.O/N=C1/c2ccccc2[C@@H]2C[C@H]1c1ccccc1/C2=N/O.O/N=C1/c2ccccc2[C@@H]2C[C@H]1c1ccccc1/C2=N/O. The number of hydrogen-bond acceptors (Lipinski definition) is 9. The fourth-order valence-electron chi connectivity index (χ4n) is 7.40. The van der Waals surface area contributed by atoms with Crippen LogP contribution in [0.3, 0.4) is 0 Å². The second-order valence-electron chi connectivity index (χ2n) is 11.0. The van der Waals surface area contributed by atoms with Crippen molar-refractivity contribution in [3.63, 3.8) is 0 Å². The Hall–Kier alpha value is -5.28. The lowest BCUT2D eigenvalue weighted by Gasteiger charge is -2.38. The Labute approximate surface area is 254 Å². The van der Waals surface area contributed by atoms with E-state index in [0.29, 0.717) is 22.8 Å². The predicted molar refractivity (Wildman–Crippen MR) is 167 cm³/mol. The largest absolute Gasteiger partial charge is 0.411 e. The van der Waals surface area contributed by atoms with Crippen LogP contribution in [0, 0.1) is 0 Å². The summed E-state index contributed by atoms with van der Waals surface area (Å²) in [6.45, 7) is 0. The highest BCUT2D eigenvalue weighted by Crippen LogP contribution is 2.48. The minimum absolute atomic E-state index is 0.0385. The van der Waals surface area contributed by atoms with E-state index in [1.165, 1.54) is 0 Å². The first-order valence-corrected chi connectivity index (χ1v) is 14.4. The molecule has 44 heavy (non-hydrogen) atoms. The topological polar surface area (TPSA) is 151 Å². The second-order valence-corrected chi connectivity index (χ2v) is 11.0. The molecule has 0 heterocycles. The Morgan fingerprint density at radius 2 is 0.591 bits per heavy atom. The Morgan fingerprint density at radius 3 is 0.795 bits per heavy atom. The molecule has 9 nitrogen and oxygen atoms in total. The molecule has 0 saturated heterocycles. The standard InChI is InChI=1S/2C17H14N2O2.CH4O/c2*20-18-16-12-7-3-1-5-10(12)14-9-15(16)11-6-2-4-8-13(11)17(14)19-21;1-2/h2*1-8,14-15,20-21H,9H2;2H,1H3/b2*18-16-,19-17-;/t2*14-,15-;/m00./s1. The van der Waals surface area contributed by atoms with Gasteiger partial charge in [0.05, 0.1) is 22.8 Å². The second kappa shape index (κ2) is 12.1. The van der Waals surface area contributed by atoms with Gasteiger partial charge in [0.25, 0.3) is 0 Å². The van der Waals surface area contributed by atoms with Crippen LogP contribution < -0.4 is 0 Å². The van der Waals surface area contributed by atoms with Crippen LogP contribution in [0.5, 0.6) is 0 Å². The maximum atomic E-state index is 9.51.